The Balaban J connectivity index is 1.57. The molecule has 3 aliphatic rings. The summed E-state index contributed by atoms with van der Waals surface area (Å²) >= 11 is 0. The smallest absolute Gasteiger partial charge is 0.323 e. The average molecular weight is 359 g/mol. The molecule has 2 amide bonds. The zero-order valence-corrected chi connectivity index (χ0v) is 16.0. The molecule has 2 fully saturated rings. The molecule has 4 rings (SSSR count). The Hall–Kier alpha value is -1.62. The van der Waals surface area contributed by atoms with Crippen LogP contribution in [0.2, 0.25) is 0 Å². The predicted molar refractivity (Wildman–Crippen MR) is 102 cm³/mol. The number of hydrogen-bond acceptors (Lipinski definition) is 2. The molecule has 0 N–H and O–H groups in total. The van der Waals surface area contributed by atoms with Crippen LogP contribution in [0.25, 0.3) is 0 Å². The molecule has 4 nitrogen and oxygen atoms in total. The van der Waals surface area contributed by atoms with Gasteiger partial charge in [0.05, 0.1) is 0 Å². The number of likely N-dealkylation sites (tertiary alicyclic amines) is 1. The van der Waals surface area contributed by atoms with Gasteiger partial charge >= 0.3 is 6.03 Å². The first kappa shape index (κ1) is 17.8. The summed E-state index contributed by atoms with van der Waals surface area (Å²) in [4.78, 5) is 18.8. The number of urea groups is 1. The van der Waals surface area contributed by atoms with E-state index in [0.29, 0.717) is 6.54 Å². The fraction of sp³-hybridized carbons (Fsp3) is 0.667. The summed E-state index contributed by atoms with van der Waals surface area (Å²) in [5.74, 6) is -0.197. The van der Waals surface area contributed by atoms with Crippen molar-refractivity contribution in [2.24, 2.45) is 0 Å². The van der Waals surface area contributed by atoms with Gasteiger partial charge in [-0.05, 0) is 62.5 Å². The van der Waals surface area contributed by atoms with Gasteiger partial charge in [0.25, 0.3) is 0 Å². The molecule has 1 saturated heterocycles. The zero-order valence-electron chi connectivity index (χ0n) is 16.0. The number of hydrogen-bond donors (Lipinski definition) is 0. The number of nitrogens with zero attached hydrogens (tertiary/aromatic N) is 3. The second-order valence-electron chi connectivity index (χ2n) is 8.53. The monoisotopic (exact) mass is 359 g/mol. The van der Waals surface area contributed by atoms with E-state index < -0.39 is 0 Å². The van der Waals surface area contributed by atoms with Crippen molar-refractivity contribution in [3.8, 4) is 0 Å². The highest BCUT2D eigenvalue weighted by atomic mass is 19.1. The van der Waals surface area contributed by atoms with Gasteiger partial charge in [-0.15, -0.1) is 0 Å². The van der Waals surface area contributed by atoms with E-state index in [9.17, 15) is 9.18 Å². The molecule has 1 aromatic carbocycles. The Labute approximate surface area is 155 Å². The number of rotatable bonds is 1. The van der Waals surface area contributed by atoms with Crippen LogP contribution < -0.4 is 4.90 Å². The maximum absolute atomic E-state index is 14.0. The quantitative estimate of drug-likeness (QED) is 0.758. The lowest BCUT2D eigenvalue weighted by Gasteiger charge is -2.44. The lowest BCUT2D eigenvalue weighted by molar-refractivity contribution is 0.0968. The largest absolute Gasteiger partial charge is 0.330 e. The molecule has 1 aromatic rings. The maximum atomic E-state index is 14.0. The Morgan fingerprint density at radius 3 is 2.50 bits per heavy atom. The SMILES string of the molecule is CN(C)C(=O)N1CC2(CCN(C3CCCCC3)CC2)c2cc(F)ccc21. The Morgan fingerprint density at radius 2 is 1.85 bits per heavy atom. The van der Waals surface area contributed by atoms with Gasteiger partial charge in [-0.3, -0.25) is 4.90 Å². The van der Waals surface area contributed by atoms with E-state index in [-0.39, 0.29) is 17.3 Å². The van der Waals surface area contributed by atoms with Crippen molar-refractivity contribution in [3.05, 3.63) is 29.6 Å². The standard InChI is InChI=1S/C21H30FN3O/c1-23(2)20(26)25-15-21(18-14-16(22)8-9-19(18)25)10-12-24(13-11-21)17-6-4-3-5-7-17/h8-9,14,17H,3-7,10-13,15H2,1-2H3. The van der Waals surface area contributed by atoms with Crippen molar-refractivity contribution in [1.82, 2.24) is 9.80 Å². The first-order valence-electron chi connectivity index (χ1n) is 10.0. The van der Waals surface area contributed by atoms with Crippen LogP contribution in [0.1, 0.15) is 50.5 Å². The number of carbonyl (C=O) groups excluding carboxylic acids is 1. The van der Waals surface area contributed by atoms with Crippen molar-refractivity contribution >= 4 is 11.7 Å². The van der Waals surface area contributed by atoms with Crippen molar-refractivity contribution in [3.63, 3.8) is 0 Å². The summed E-state index contributed by atoms with van der Waals surface area (Å²) in [7, 11) is 3.56. The first-order chi connectivity index (χ1) is 12.5. The summed E-state index contributed by atoms with van der Waals surface area (Å²) in [5, 5.41) is 0. The molecule has 26 heavy (non-hydrogen) atoms. The molecule has 5 heteroatoms. The molecule has 2 heterocycles. The lowest BCUT2D eigenvalue weighted by atomic mass is 9.73. The van der Waals surface area contributed by atoms with Crippen molar-refractivity contribution < 1.29 is 9.18 Å². The van der Waals surface area contributed by atoms with Gasteiger partial charge in [0.15, 0.2) is 0 Å². The minimum atomic E-state index is -0.197. The van der Waals surface area contributed by atoms with Gasteiger partial charge in [-0.1, -0.05) is 19.3 Å². The van der Waals surface area contributed by atoms with E-state index in [1.807, 2.05) is 4.90 Å². The molecule has 0 aromatic heterocycles. The molecule has 2 aliphatic heterocycles. The van der Waals surface area contributed by atoms with E-state index in [0.717, 1.165) is 43.2 Å². The van der Waals surface area contributed by atoms with Crippen LogP contribution in [0.4, 0.5) is 14.9 Å². The molecule has 0 bridgehead atoms. The van der Waals surface area contributed by atoms with Gasteiger partial charge in [-0.25, -0.2) is 9.18 Å². The van der Waals surface area contributed by atoms with Crippen LogP contribution in [-0.4, -0.2) is 55.6 Å². The molecule has 142 valence electrons. The molecular weight excluding hydrogens is 329 g/mol. The summed E-state index contributed by atoms with van der Waals surface area (Å²) in [6.07, 6.45) is 8.75. The molecular formula is C21H30FN3O. The highest BCUT2D eigenvalue weighted by molar-refractivity contribution is 5.95. The number of fused-ring (bicyclic) bond motifs is 2. The number of benzene rings is 1. The number of amides is 2. The normalized spacial score (nSPS) is 23.3. The van der Waals surface area contributed by atoms with E-state index >= 15 is 0 Å². The van der Waals surface area contributed by atoms with Gasteiger partial charge in [-0.2, -0.15) is 0 Å². The molecule has 0 radical (unpaired) electrons. The van der Waals surface area contributed by atoms with Crippen LogP contribution in [0, 0.1) is 5.82 Å². The average Bonchev–Trinajstić information content (AvgIpc) is 2.96. The molecule has 1 aliphatic carbocycles. The highest BCUT2D eigenvalue weighted by Gasteiger charge is 2.47. The Morgan fingerprint density at radius 1 is 1.15 bits per heavy atom. The first-order valence-corrected chi connectivity index (χ1v) is 10.0. The van der Waals surface area contributed by atoms with Gasteiger partial charge in [0.1, 0.15) is 5.82 Å². The molecule has 0 atom stereocenters. The topological polar surface area (TPSA) is 26.8 Å². The predicted octanol–water partition coefficient (Wildman–Crippen LogP) is 3.99. The second-order valence-corrected chi connectivity index (χ2v) is 8.53. The van der Waals surface area contributed by atoms with E-state index in [4.69, 9.17) is 0 Å². The molecule has 0 unspecified atom stereocenters. The fourth-order valence-electron chi connectivity index (χ4n) is 5.24. The molecule has 1 spiro atoms. The van der Waals surface area contributed by atoms with Crippen molar-refractivity contribution in [2.75, 3.05) is 38.6 Å². The molecule has 1 saturated carbocycles. The number of piperidine rings is 1. The number of carbonyl (C=O) groups is 1. The van der Waals surface area contributed by atoms with Gasteiger partial charge < -0.3 is 9.80 Å². The van der Waals surface area contributed by atoms with Crippen LogP contribution >= 0.6 is 0 Å². The second kappa shape index (κ2) is 6.84. The fourth-order valence-corrected chi connectivity index (χ4v) is 5.24. The van der Waals surface area contributed by atoms with Gasteiger partial charge in [0.2, 0.25) is 0 Å². The summed E-state index contributed by atoms with van der Waals surface area (Å²) in [5.41, 5.74) is 1.85. The summed E-state index contributed by atoms with van der Waals surface area (Å²) in [6.45, 7) is 2.80. The van der Waals surface area contributed by atoms with Crippen LogP contribution in [0.5, 0.6) is 0 Å². The summed E-state index contributed by atoms with van der Waals surface area (Å²) < 4.78 is 14.0. The van der Waals surface area contributed by atoms with Crippen molar-refractivity contribution in [2.45, 2.75) is 56.4 Å². The van der Waals surface area contributed by atoms with E-state index in [1.165, 1.54) is 38.2 Å². The third kappa shape index (κ3) is 3.00. The van der Waals surface area contributed by atoms with E-state index in [2.05, 4.69) is 4.90 Å². The zero-order chi connectivity index (χ0) is 18.3. The third-order valence-corrected chi connectivity index (χ3v) is 6.74. The van der Waals surface area contributed by atoms with Crippen LogP contribution in [-0.2, 0) is 5.41 Å². The van der Waals surface area contributed by atoms with Gasteiger partial charge in [0, 0.05) is 37.8 Å². The number of anilines is 1. The summed E-state index contributed by atoms with van der Waals surface area (Å²) in [6, 6.07) is 5.66. The third-order valence-electron chi connectivity index (χ3n) is 6.74. The van der Waals surface area contributed by atoms with Crippen LogP contribution in [0.3, 0.4) is 0 Å². The minimum absolute atomic E-state index is 0.00977. The Bertz CT molecular complexity index is 676. The highest BCUT2D eigenvalue weighted by Crippen LogP contribution is 2.48. The minimum Gasteiger partial charge on any atom is -0.330 e. The van der Waals surface area contributed by atoms with Crippen LogP contribution in [0.15, 0.2) is 18.2 Å². The lowest BCUT2D eigenvalue weighted by Crippen LogP contribution is -2.50. The number of halogens is 1. The van der Waals surface area contributed by atoms with Crippen molar-refractivity contribution in [1.29, 1.82) is 0 Å². The van der Waals surface area contributed by atoms with E-state index in [1.54, 1.807) is 31.1 Å². The Kier molecular flexibility index (Phi) is 4.68. The maximum Gasteiger partial charge on any atom is 0.323 e.